The maximum absolute atomic E-state index is 13.4. The van der Waals surface area contributed by atoms with Crippen LogP contribution >= 0.6 is 24.0 Å². The summed E-state index contributed by atoms with van der Waals surface area (Å²) in [5, 5.41) is 3.57. The van der Waals surface area contributed by atoms with E-state index in [0.717, 1.165) is 51.3 Å². The number of likely N-dealkylation sites (tertiary alicyclic amines) is 1. The van der Waals surface area contributed by atoms with E-state index < -0.39 is 0 Å². The van der Waals surface area contributed by atoms with Crippen LogP contribution in [0.5, 0.6) is 0 Å². The third-order valence-electron chi connectivity index (χ3n) is 6.23. The summed E-state index contributed by atoms with van der Waals surface area (Å²) < 4.78 is 18.5. The Kier molecular flexibility index (Phi) is 9.17. The van der Waals surface area contributed by atoms with Gasteiger partial charge in [0.2, 0.25) is 0 Å². The molecule has 1 aliphatic carbocycles. The molecule has 1 heterocycles. The maximum atomic E-state index is 13.4. The number of guanidine groups is 1. The van der Waals surface area contributed by atoms with Crippen molar-refractivity contribution >= 4 is 35.9 Å². The Bertz CT molecular complexity index is 682. The summed E-state index contributed by atoms with van der Waals surface area (Å²) in [5.74, 6) is 0.613. The van der Waals surface area contributed by atoms with Crippen molar-refractivity contribution in [3.05, 3.63) is 35.6 Å². The molecule has 1 saturated carbocycles. The van der Waals surface area contributed by atoms with E-state index in [1.807, 2.05) is 19.1 Å². The summed E-state index contributed by atoms with van der Waals surface area (Å²) in [4.78, 5) is 18.7. The fourth-order valence-corrected chi connectivity index (χ4v) is 4.59. The molecular formula is C22H33FIN3O2. The van der Waals surface area contributed by atoms with Gasteiger partial charge in [-0.25, -0.2) is 4.39 Å². The molecule has 1 N–H and O–H groups in total. The lowest BCUT2D eigenvalue weighted by atomic mass is 9.79. The normalized spacial score (nSPS) is 19.6. The minimum absolute atomic E-state index is 0. The Morgan fingerprint density at radius 3 is 2.41 bits per heavy atom. The lowest BCUT2D eigenvalue weighted by molar-refractivity contribution is -0.149. The van der Waals surface area contributed by atoms with Crippen LogP contribution < -0.4 is 5.32 Å². The number of nitrogens with zero attached hydrogens (tertiary/aromatic N) is 2. The van der Waals surface area contributed by atoms with Gasteiger partial charge in [0.15, 0.2) is 5.96 Å². The van der Waals surface area contributed by atoms with Crippen molar-refractivity contribution in [2.24, 2.45) is 10.9 Å². The molecule has 0 radical (unpaired) electrons. The predicted octanol–water partition coefficient (Wildman–Crippen LogP) is 4.11. The van der Waals surface area contributed by atoms with Crippen molar-refractivity contribution in [2.75, 3.05) is 33.3 Å². The molecule has 0 amide bonds. The van der Waals surface area contributed by atoms with Gasteiger partial charge in [-0.1, -0.05) is 25.0 Å². The first-order valence-corrected chi connectivity index (χ1v) is 10.5. The van der Waals surface area contributed by atoms with Crippen LogP contribution in [-0.2, 0) is 14.9 Å². The van der Waals surface area contributed by atoms with Crippen LogP contribution in [0.4, 0.5) is 4.39 Å². The van der Waals surface area contributed by atoms with E-state index in [1.54, 1.807) is 19.2 Å². The number of benzene rings is 1. The fraction of sp³-hybridized carbons (Fsp3) is 0.636. The van der Waals surface area contributed by atoms with Gasteiger partial charge in [0.25, 0.3) is 0 Å². The van der Waals surface area contributed by atoms with Crippen LogP contribution in [0.15, 0.2) is 29.3 Å². The summed E-state index contributed by atoms with van der Waals surface area (Å²) in [7, 11) is 1.80. The number of hydrogen-bond acceptors (Lipinski definition) is 3. The average Bonchev–Trinajstić information content (AvgIpc) is 3.20. The lowest BCUT2D eigenvalue weighted by Gasteiger charge is -2.36. The number of aliphatic imine (C=N–C) groups is 1. The van der Waals surface area contributed by atoms with E-state index in [-0.39, 0.29) is 47.1 Å². The topological polar surface area (TPSA) is 53.9 Å². The Morgan fingerprint density at radius 2 is 1.86 bits per heavy atom. The van der Waals surface area contributed by atoms with Crippen molar-refractivity contribution in [3.8, 4) is 0 Å². The van der Waals surface area contributed by atoms with Crippen molar-refractivity contribution in [1.29, 1.82) is 0 Å². The molecule has 29 heavy (non-hydrogen) atoms. The van der Waals surface area contributed by atoms with E-state index in [0.29, 0.717) is 6.61 Å². The minimum atomic E-state index is -0.190. The van der Waals surface area contributed by atoms with Gasteiger partial charge in [0.1, 0.15) is 5.82 Å². The summed E-state index contributed by atoms with van der Waals surface area (Å²) in [6, 6.07) is 6.97. The largest absolute Gasteiger partial charge is 0.466 e. The Balaban J connectivity index is 0.00000300. The molecule has 1 aromatic rings. The van der Waals surface area contributed by atoms with Crippen LogP contribution in [0, 0.1) is 11.7 Å². The van der Waals surface area contributed by atoms with Crippen molar-refractivity contribution in [1.82, 2.24) is 10.2 Å². The monoisotopic (exact) mass is 517 g/mol. The fourth-order valence-electron chi connectivity index (χ4n) is 4.59. The third kappa shape index (κ3) is 5.83. The highest BCUT2D eigenvalue weighted by atomic mass is 127. The van der Waals surface area contributed by atoms with E-state index in [2.05, 4.69) is 15.2 Å². The number of ether oxygens (including phenoxy) is 1. The molecule has 1 aromatic carbocycles. The first kappa shape index (κ1) is 23.9. The number of carbonyl (C=O) groups excluding carboxylic acids is 1. The summed E-state index contributed by atoms with van der Waals surface area (Å²) in [5.41, 5.74) is 1.24. The molecule has 0 bridgehead atoms. The SMILES string of the molecule is CCOC(=O)C1CCN(C(=NC)NCC2(c3ccc(F)cc3)CCCC2)CC1.I. The van der Waals surface area contributed by atoms with Crippen LogP contribution in [-0.4, -0.2) is 50.1 Å². The molecule has 7 heteroatoms. The Morgan fingerprint density at radius 1 is 1.24 bits per heavy atom. The summed E-state index contributed by atoms with van der Waals surface area (Å²) >= 11 is 0. The Hall–Kier alpha value is -1.38. The summed E-state index contributed by atoms with van der Waals surface area (Å²) in [6.07, 6.45) is 6.19. The zero-order valence-electron chi connectivity index (χ0n) is 17.5. The van der Waals surface area contributed by atoms with E-state index in [1.165, 1.54) is 18.4 Å². The molecule has 0 unspecified atom stereocenters. The zero-order chi connectivity index (χ0) is 20.0. The number of esters is 1. The van der Waals surface area contributed by atoms with Crippen molar-refractivity contribution in [3.63, 3.8) is 0 Å². The first-order valence-electron chi connectivity index (χ1n) is 10.5. The van der Waals surface area contributed by atoms with Gasteiger partial charge in [-0.05, 0) is 50.3 Å². The molecule has 2 fully saturated rings. The minimum Gasteiger partial charge on any atom is -0.466 e. The van der Waals surface area contributed by atoms with Crippen molar-refractivity contribution in [2.45, 2.75) is 50.9 Å². The van der Waals surface area contributed by atoms with Gasteiger partial charge in [-0.15, -0.1) is 24.0 Å². The lowest BCUT2D eigenvalue weighted by Crippen LogP contribution is -2.49. The maximum Gasteiger partial charge on any atom is 0.309 e. The second-order valence-electron chi connectivity index (χ2n) is 7.91. The number of piperidine rings is 1. The van der Waals surface area contributed by atoms with Gasteiger partial charge >= 0.3 is 5.97 Å². The highest BCUT2D eigenvalue weighted by molar-refractivity contribution is 14.0. The molecule has 0 spiro atoms. The van der Waals surface area contributed by atoms with Gasteiger partial charge < -0.3 is 15.0 Å². The Labute approximate surface area is 190 Å². The highest BCUT2D eigenvalue weighted by Gasteiger charge is 2.36. The van der Waals surface area contributed by atoms with E-state index >= 15 is 0 Å². The standard InChI is InChI=1S/C22H32FN3O2.HI/c1-3-28-20(27)17-10-14-26(15-11-17)21(24-2)25-16-22(12-4-5-13-22)18-6-8-19(23)9-7-18;/h6-9,17H,3-5,10-16H2,1-2H3,(H,24,25);1H. The second kappa shape index (κ2) is 11.1. The van der Waals surface area contributed by atoms with Crippen LogP contribution in [0.3, 0.4) is 0 Å². The molecule has 1 saturated heterocycles. The number of nitrogens with one attached hydrogen (secondary N) is 1. The van der Waals surface area contributed by atoms with Gasteiger partial charge in [0.05, 0.1) is 12.5 Å². The number of carbonyl (C=O) groups is 1. The molecule has 5 nitrogen and oxygen atoms in total. The number of halogens is 2. The zero-order valence-corrected chi connectivity index (χ0v) is 19.8. The molecule has 162 valence electrons. The molecule has 0 aromatic heterocycles. The quantitative estimate of drug-likeness (QED) is 0.277. The molecule has 0 atom stereocenters. The highest BCUT2D eigenvalue weighted by Crippen LogP contribution is 2.40. The number of hydrogen-bond donors (Lipinski definition) is 1. The van der Waals surface area contributed by atoms with Crippen LogP contribution in [0.2, 0.25) is 0 Å². The smallest absolute Gasteiger partial charge is 0.309 e. The second-order valence-corrected chi connectivity index (χ2v) is 7.91. The van der Waals surface area contributed by atoms with E-state index in [9.17, 15) is 9.18 Å². The molecule has 1 aliphatic heterocycles. The predicted molar refractivity (Wildman–Crippen MR) is 124 cm³/mol. The average molecular weight is 517 g/mol. The molecular weight excluding hydrogens is 484 g/mol. The van der Waals surface area contributed by atoms with Crippen LogP contribution in [0.25, 0.3) is 0 Å². The first-order chi connectivity index (χ1) is 13.6. The number of rotatable bonds is 5. The van der Waals surface area contributed by atoms with E-state index in [4.69, 9.17) is 4.74 Å². The summed E-state index contributed by atoms with van der Waals surface area (Å²) in [6.45, 7) is 4.68. The van der Waals surface area contributed by atoms with Crippen LogP contribution in [0.1, 0.15) is 51.0 Å². The van der Waals surface area contributed by atoms with Gasteiger partial charge in [-0.2, -0.15) is 0 Å². The third-order valence-corrected chi connectivity index (χ3v) is 6.23. The molecule has 3 rings (SSSR count). The van der Waals surface area contributed by atoms with Gasteiger partial charge in [0, 0.05) is 32.1 Å². The van der Waals surface area contributed by atoms with Gasteiger partial charge in [-0.3, -0.25) is 9.79 Å². The van der Waals surface area contributed by atoms with Crippen molar-refractivity contribution < 1.29 is 13.9 Å². The molecule has 2 aliphatic rings.